The van der Waals surface area contributed by atoms with Crippen molar-refractivity contribution in [3.63, 3.8) is 0 Å². The first-order chi connectivity index (χ1) is 7.69. The van der Waals surface area contributed by atoms with E-state index in [1.807, 2.05) is 23.6 Å². The van der Waals surface area contributed by atoms with Crippen molar-refractivity contribution in [2.24, 2.45) is 5.92 Å². The number of carbonyl (C=O) groups excluding carboxylic acids is 1. The van der Waals surface area contributed by atoms with E-state index in [0.717, 1.165) is 10.2 Å². The van der Waals surface area contributed by atoms with Crippen LogP contribution in [0.5, 0.6) is 0 Å². The van der Waals surface area contributed by atoms with Crippen LogP contribution < -0.4 is 5.32 Å². The van der Waals surface area contributed by atoms with Gasteiger partial charge in [0.05, 0.1) is 9.35 Å². The summed E-state index contributed by atoms with van der Waals surface area (Å²) in [4.78, 5) is 11.8. The minimum Gasteiger partial charge on any atom is -0.396 e. The lowest BCUT2D eigenvalue weighted by atomic mass is 10.1. The second-order valence-corrected chi connectivity index (χ2v) is 6.07. The van der Waals surface area contributed by atoms with E-state index in [-0.39, 0.29) is 24.5 Å². The fraction of sp³-hybridized carbons (Fsp3) is 0.364. The van der Waals surface area contributed by atoms with E-state index in [9.17, 15) is 4.79 Å². The van der Waals surface area contributed by atoms with Crippen molar-refractivity contribution in [3.05, 3.63) is 32.9 Å². The molecule has 86 valence electrons. The Kier molecular flexibility index (Phi) is 3.78. The quantitative estimate of drug-likeness (QED) is 0.841. The molecule has 0 aliphatic heterocycles. The van der Waals surface area contributed by atoms with Crippen molar-refractivity contribution in [1.29, 1.82) is 0 Å². The number of hydrogen-bond donors (Lipinski definition) is 2. The standard InChI is InChI=1S/C11H12BrNO2S/c12-10-4-8(6-16-10)11(15)13-9-2-1-7(3-9)5-14/h1-2,4,6-7,9,14H,3,5H2,(H,13,15)/t7-,9+/m0/s1. The van der Waals surface area contributed by atoms with E-state index in [1.54, 1.807) is 0 Å². The predicted octanol–water partition coefficient (Wildman–Crippen LogP) is 2.18. The molecule has 1 heterocycles. The van der Waals surface area contributed by atoms with Gasteiger partial charge in [-0.3, -0.25) is 4.79 Å². The van der Waals surface area contributed by atoms with Crippen molar-refractivity contribution in [1.82, 2.24) is 5.32 Å². The summed E-state index contributed by atoms with van der Waals surface area (Å²) in [5, 5.41) is 13.7. The van der Waals surface area contributed by atoms with E-state index in [4.69, 9.17) is 5.11 Å². The molecule has 0 radical (unpaired) electrons. The first-order valence-corrected chi connectivity index (χ1v) is 6.70. The Morgan fingerprint density at radius 2 is 2.44 bits per heavy atom. The Balaban J connectivity index is 1.92. The Labute approximate surface area is 106 Å². The van der Waals surface area contributed by atoms with Gasteiger partial charge in [-0.1, -0.05) is 12.2 Å². The van der Waals surface area contributed by atoms with Crippen LogP contribution in [0.1, 0.15) is 16.8 Å². The fourth-order valence-corrected chi connectivity index (χ4v) is 2.83. The third-order valence-corrected chi connectivity index (χ3v) is 4.06. The van der Waals surface area contributed by atoms with Gasteiger partial charge in [-0.2, -0.15) is 0 Å². The Morgan fingerprint density at radius 3 is 3.00 bits per heavy atom. The molecule has 0 fully saturated rings. The summed E-state index contributed by atoms with van der Waals surface area (Å²) in [5.41, 5.74) is 0.678. The molecule has 1 aromatic rings. The first kappa shape index (κ1) is 11.8. The molecule has 2 atom stereocenters. The Morgan fingerprint density at radius 1 is 1.62 bits per heavy atom. The zero-order chi connectivity index (χ0) is 11.5. The summed E-state index contributed by atoms with van der Waals surface area (Å²) in [6.07, 6.45) is 4.68. The van der Waals surface area contributed by atoms with E-state index in [0.29, 0.717) is 5.56 Å². The molecule has 0 bridgehead atoms. The van der Waals surface area contributed by atoms with Gasteiger partial charge in [-0.05, 0) is 28.4 Å². The number of thiophene rings is 1. The van der Waals surface area contributed by atoms with Crippen molar-refractivity contribution in [3.8, 4) is 0 Å². The molecular formula is C11H12BrNO2S. The third-order valence-electron chi connectivity index (χ3n) is 2.55. The number of nitrogens with one attached hydrogen (secondary N) is 1. The summed E-state index contributed by atoms with van der Waals surface area (Å²) in [7, 11) is 0. The summed E-state index contributed by atoms with van der Waals surface area (Å²) in [6.45, 7) is 0.146. The lowest BCUT2D eigenvalue weighted by Crippen LogP contribution is -2.32. The maximum Gasteiger partial charge on any atom is 0.252 e. The topological polar surface area (TPSA) is 49.3 Å². The van der Waals surface area contributed by atoms with Gasteiger partial charge in [0.15, 0.2) is 0 Å². The van der Waals surface area contributed by atoms with Crippen LogP contribution in [0.15, 0.2) is 27.4 Å². The SMILES string of the molecule is O=C(N[C@@H]1C=C[C@H](CO)C1)c1csc(Br)c1. The number of amides is 1. The summed E-state index contributed by atoms with van der Waals surface area (Å²) < 4.78 is 0.952. The van der Waals surface area contributed by atoms with Crippen LogP contribution in [-0.2, 0) is 0 Å². The minimum absolute atomic E-state index is 0.0447. The van der Waals surface area contributed by atoms with E-state index in [1.165, 1.54) is 11.3 Å². The predicted molar refractivity (Wildman–Crippen MR) is 67.6 cm³/mol. The van der Waals surface area contributed by atoms with Crippen molar-refractivity contribution in [2.75, 3.05) is 6.61 Å². The molecule has 1 amide bonds. The molecule has 1 aromatic heterocycles. The minimum atomic E-state index is -0.0600. The summed E-state index contributed by atoms with van der Waals surface area (Å²) in [5.74, 6) is 0.120. The second kappa shape index (κ2) is 5.12. The van der Waals surface area contributed by atoms with Gasteiger partial charge >= 0.3 is 0 Å². The van der Waals surface area contributed by atoms with Gasteiger partial charge in [0.2, 0.25) is 0 Å². The molecule has 0 saturated heterocycles. The van der Waals surface area contributed by atoms with Gasteiger partial charge in [0.25, 0.3) is 5.91 Å². The lowest BCUT2D eigenvalue weighted by Gasteiger charge is -2.11. The van der Waals surface area contributed by atoms with Gasteiger partial charge in [0.1, 0.15) is 0 Å². The van der Waals surface area contributed by atoms with Crippen LogP contribution in [0, 0.1) is 5.92 Å². The zero-order valence-corrected chi connectivity index (χ0v) is 10.9. The number of rotatable bonds is 3. The van der Waals surface area contributed by atoms with Crippen molar-refractivity contribution < 1.29 is 9.90 Å². The molecular weight excluding hydrogens is 290 g/mol. The Hall–Kier alpha value is -0.650. The van der Waals surface area contributed by atoms with Crippen LogP contribution in [0.25, 0.3) is 0 Å². The normalized spacial score (nSPS) is 23.6. The molecule has 3 nitrogen and oxygen atoms in total. The second-order valence-electron chi connectivity index (χ2n) is 3.78. The molecule has 2 rings (SSSR count). The lowest BCUT2D eigenvalue weighted by molar-refractivity contribution is 0.0941. The number of carbonyl (C=O) groups is 1. The molecule has 0 unspecified atom stereocenters. The average Bonchev–Trinajstić information content (AvgIpc) is 2.87. The van der Waals surface area contributed by atoms with Gasteiger partial charge < -0.3 is 10.4 Å². The van der Waals surface area contributed by atoms with Crippen LogP contribution in [0.4, 0.5) is 0 Å². The molecule has 0 aromatic carbocycles. The highest BCUT2D eigenvalue weighted by Crippen LogP contribution is 2.22. The largest absolute Gasteiger partial charge is 0.396 e. The molecule has 0 saturated carbocycles. The molecule has 5 heteroatoms. The van der Waals surface area contributed by atoms with Crippen LogP contribution in [0.2, 0.25) is 0 Å². The van der Waals surface area contributed by atoms with E-state index >= 15 is 0 Å². The van der Waals surface area contributed by atoms with Gasteiger partial charge in [-0.25, -0.2) is 0 Å². The summed E-state index contributed by atoms with van der Waals surface area (Å²) in [6, 6.07) is 1.85. The molecule has 2 N–H and O–H groups in total. The summed E-state index contributed by atoms with van der Waals surface area (Å²) >= 11 is 4.82. The maximum absolute atomic E-state index is 11.8. The highest BCUT2D eigenvalue weighted by atomic mass is 79.9. The highest BCUT2D eigenvalue weighted by Gasteiger charge is 2.20. The first-order valence-electron chi connectivity index (χ1n) is 5.03. The molecule has 1 aliphatic carbocycles. The van der Waals surface area contributed by atoms with Crippen LogP contribution in [-0.4, -0.2) is 23.7 Å². The third kappa shape index (κ3) is 2.72. The smallest absolute Gasteiger partial charge is 0.252 e. The molecule has 16 heavy (non-hydrogen) atoms. The van der Waals surface area contributed by atoms with Gasteiger partial charge in [-0.15, -0.1) is 11.3 Å². The monoisotopic (exact) mass is 301 g/mol. The molecule has 0 spiro atoms. The molecule has 1 aliphatic rings. The Bertz CT molecular complexity index is 416. The number of aliphatic hydroxyl groups excluding tert-OH is 1. The number of halogens is 1. The maximum atomic E-state index is 11.8. The van der Waals surface area contributed by atoms with E-state index < -0.39 is 0 Å². The highest BCUT2D eigenvalue weighted by molar-refractivity contribution is 9.11. The van der Waals surface area contributed by atoms with Crippen molar-refractivity contribution in [2.45, 2.75) is 12.5 Å². The number of hydrogen-bond acceptors (Lipinski definition) is 3. The van der Waals surface area contributed by atoms with Crippen LogP contribution in [0.3, 0.4) is 0 Å². The van der Waals surface area contributed by atoms with E-state index in [2.05, 4.69) is 21.2 Å². The van der Waals surface area contributed by atoms with Crippen molar-refractivity contribution >= 4 is 33.2 Å². The van der Waals surface area contributed by atoms with Gasteiger partial charge in [0, 0.05) is 23.9 Å². The zero-order valence-electron chi connectivity index (χ0n) is 8.52. The number of aliphatic hydroxyl groups is 1. The van der Waals surface area contributed by atoms with Crippen LogP contribution >= 0.6 is 27.3 Å². The fourth-order valence-electron chi connectivity index (χ4n) is 1.70. The average molecular weight is 302 g/mol.